The highest BCUT2D eigenvalue weighted by Gasteiger charge is 2.34. The number of sulfonamides is 1. The highest BCUT2D eigenvalue weighted by Crippen LogP contribution is 2.24. The summed E-state index contributed by atoms with van der Waals surface area (Å²) in [5.41, 5.74) is 0.842. The Bertz CT molecular complexity index is 720. The van der Waals surface area contributed by atoms with E-state index in [1.54, 1.807) is 12.1 Å². The molecular weight excluding hydrogens is 340 g/mol. The highest BCUT2D eigenvalue weighted by atomic mass is 32.2. The van der Waals surface area contributed by atoms with Crippen LogP contribution in [0.15, 0.2) is 29.2 Å². The Morgan fingerprint density at radius 2 is 2.00 bits per heavy atom. The van der Waals surface area contributed by atoms with Crippen molar-refractivity contribution in [3.63, 3.8) is 0 Å². The minimum atomic E-state index is -3.68. The molecule has 1 aromatic carbocycles. The van der Waals surface area contributed by atoms with Crippen LogP contribution in [0.5, 0.6) is 0 Å². The first-order chi connectivity index (χ1) is 11.8. The molecule has 2 unspecified atom stereocenters. The van der Waals surface area contributed by atoms with Crippen molar-refractivity contribution in [3.8, 4) is 0 Å². The third-order valence-electron chi connectivity index (χ3n) is 5.15. The first-order valence-corrected chi connectivity index (χ1v) is 10.2. The minimum absolute atomic E-state index is 0.00572. The largest absolute Gasteiger partial charge is 0.351 e. The molecule has 2 aliphatic heterocycles. The Kier molecular flexibility index (Phi) is 5.43. The first kappa shape index (κ1) is 18.3. The van der Waals surface area contributed by atoms with Gasteiger partial charge in [-0.3, -0.25) is 14.6 Å². The number of hydrogen-bond acceptors (Lipinski definition) is 5. The molecule has 1 aromatic rings. The van der Waals surface area contributed by atoms with Gasteiger partial charge in [-0.25, -0.2) is 13.6 Å². The highest BCUT2D eigenvalue weighted by molar-refractivity contribution is 7.89. The number of nitrogens with two attached hydrogens (primary N) is 1. The maximum Gasteiger partial charge on any atom is 0.238 e. The summed E-state index contributed by atoms with van der Waals surface area (Å²) in [6.45, 7) is 6.13. The van der Waals surface area contributed by atoms with Crippen LogP contribution in [-0.4, -0.2) is 62.4 Å². The molecule has 0 radical (unpaired) electrons. The molecule has 0 aromatic heterocycles. The summed E-state index contributed by atoms with van der Waals surface area (Å²) in [5, 5.41) is 7.99. The van der Waals surface area contributed by atoms with E-state index in [0.29, 0.717) is 25.2 Å². The number of fused-ring (bicyclic) bond motifs is 1. The van der Waals surface area contributed by atoms with Crippen LogP contribution in [0.3, 0.4) is 0 Å². The molecule has 2 fully saturated rings. The van der Waals surface area contributed by atoms with Gasteiger partial charge in [-0.15, -0.1) is 0 Å². The predicted molar refractivity (Wildman–Crippen MR) is 95.3 cm³/mol. The second-order valence-electron chi connectivity index (χ2n) is 7.04. The molecule has 0 spiro atoms. The zero-order chi connectivity index (χ0) is 18.0. The van der Waals surface area contributed by atoms with E-state index in [2.05, 4.69) is 22.0 Å². The minimum Gasteiger partial charge on any atom is -0.351 e. The average Bonchev–Trinajstić information content (AvgIpc) is 3.00. The van der Waals surface area contributed by atoms with E-state index in [4.69, 9.17) is 5.14 Å². The Labute approximate surface area is 149 Å². The fourth-order valence-electron chi connectivity index (χ4n) is 3.71. The molecule has 0 aliphatic carbocycles. The van der Waals surface area contributed by atoms with Gasteiger partial charge in [0.15, 0.2) is 0 Å². The standard InChI is InChI=1S/C17H26N4O3S/c1-13-10-20-8-2-3-15(20)11-21(13)12-17(22)19-9-14-4-6-16(7-5-14)25(18,23)24/h4-7,13,15H,2-3,8-12H2,1H3,(H,19,22)(H2,18,23,24). The fraction of sp³-hybridized carbons (Fsp3) is 0.588. The van der Waals surface area contributed by atoms with Gasteiger partial charge in [0.1, 0.15) is 0 Å². The Hall–Kier alpha value is -1.48. The van der Waals surface area contributed by atoms with E-state index < -0.39 is 10.0 Å². The molecule has 8 heteroatoms. The number of piperazine rings is 1. The summed E-state index contributed by atoms with van der Waals surface area (Å²) in [6, 6.07) is 7.22. The van der Waals surface area contributed by atoms with Crippen LogP contribution in [0.4, 0.5) is 0 Å². The summed E-state index contributed by atoms with van der Waals surface area (Å²) in [6.07, 6.45) is 2.48. The van der Waals surface area contributed by atoms with Crippen LogP contribution in [0, 0.1) is 0 Å². The van der Waals surface area contributed by atoms with E-state index in [1.807, 2.05) is 0 Å². The first-order valence-electron chi connectivity index (χ1n) is 8.69. The van der Waals surface area contributed by atoms with Gasteiger partial charge in [0.25, 0.3) is 0 Å². The van der Waals surface area contributed by atoms with Crippen LogP contribution in [-0.2, 0) is 21.4 Å². The molecule has 138 valence electrons. The molecule has 7 nitrogen and oxygen atoms in total. The number of amides is 1. The quantitative estimate of drug-likeness (QED) is 0.772. The molecular formula is C17H26N4O3S. The number of nitrogens with one attached hydrogen (secondary N) is 1. The number of primary sulfonamides is 1. The number of carbonyl (C=O) groups excluding carboxylic acids is 1. The lowest BCUT2D eigenvalue weighted by molar-refractivity contribution is -0.123. The molecule has 3 N–H and O–H groups in total. The van der Waals surface area contributed by atoms with Crippen LogP contribution in [0.2, 0.25) is 0 Å². The van der Waals surface area contributed by atoms with Gasteiger partial charge in [-0.1, -0.05) is 12.1 Å². The second-order valence-corrected chi connectivity index (χ2v) is 8.60. The normalized spacial score (nSPS) is 24.9. The van der Waals surface area contributed by atoms with Crippen molar-refractivity contribution in [1.29, 1.82) is 0 Å². The van der Waals surface area contributed by atoms with E-state index in [1.165, 1.54) is 31.5 Å². The second kappa shape index (κ2) is 7.41. The Morgan fingerprint density at radius 1 is 1.28 bits per heavy atom. The van der Waals surface area contributed by atoms with Crippen molar-refractivity contribution in [2.24, 2.45) is 5.14 Å². The summed E-state index contributed by atoms with van der Waals surface area (Å²) in [7, 11) is -3.68. The predicted octanol–water partition coefficient (Wildman–Crippen LogP) is 0.119. The van der Waals surface area contributed by atoms with E-state index in [-0.39, 0.29) is 10.8 Å². The molecule has 0 bridgehead atoms. The Balaban J connectivity index is 1.49. The maximum atomic E-state index is 12.3. The third-order valence-corrected chi connectivity index (χ3v) is 6.08. The SMILES string of the molecule is CC1CN2CCCC2CN1CC(=O)NCc1ccc(S(N)(=O)=O)cc1. The summed E-state index contributed by atoms with van der Waals surface area (Å²) < 4.78 is 22.5. The van der Waals surface area contributed by atoms with Gasteiger partial charge in [-0.05, 0) is 44.0 Å². The van der Waals surface area contributed by atoms with Crippen molar-refractivity contribution in [2.75, 3.05) is 26.2 Å². The van der Waals surface area contributed by atoms with E-state index >= 15 is 0 Å². The topological polar surface area (TPSA) is 95.7 Å². The lowest BCUT2D eigenvalue weighted by Crippen LogP contribution is -2.56. The van der Waals surface area contributed by atoms with Gasteiger partial charge in [0, 0.05) is 31.7 Å². The lowest BCUT2D eigenvalue weighted by Gasteiger charge is -2.41. The lowest BCUT2D eigenvalue weighted by atomic mass is 10.1. The molecule has 25 heavy (non-hydrogen) atoms. The number of nitrogens with zero attached hydrogens (tertiary/aromatic N) is 2. The van der Waals surface area contributed by atoms with E-state index in [9.17, 15) is 13.2 Å². The molecule has 2 aliphatic rings. The third kappa shape index (κ3) is 4.58. The van der Waals surface area contributed by atoms with Crippen molar-refractivity contribution in [1.82, 2.24) is 15.1 Å². The van der Waals surface area contributed by atoms with Gasteiger partial charge < -0.3 is 5.32 Å². The van der Waals surface area contributed by atoms with Gasteiger partial charge in [0.2, 0.25) is 15.9 Å². The summed E-state index contributed by atoms with van der Waals surface area (Å²) >= 11 is 0. The monoisotopic (exact) mass is 366 g/mol. The van der Waals surface area contributed by atoms with Crippen molar-refractivity contribution < 1.29 is 13.2 Å². The maximum absolute atomic E-state index is 12.3. The fourth-order valence-corrected chi connectivity index (χ4v) is 4.22. The molecule has 2 atom stereocenters. The molecule has 2 heterocycles. The molecule has 3 rings (SSSR count). The summed E-state index contributed by atoms with van der Waals surface area (Å²) in [5.74, 6) is -0.00572. The van der Waals surface area contributed by atoms with Crippen molar-refractivity contribution in [2.45, 2.75) is 43.3 Å². The van der Waals surface area contributed by atoms with Gasteiger partial charge in [0.05, 0.1) is 11.4 Å². The smallest absolute Gasteiger partial charge is 0.238 e. The zero-order valence-electron chi connectivity index (χ0n) is 14.5. The number of carbonyl (C=O) groups is 1. The zero-order valence-corrected chi connectivity index (χ0v) is 15.3. The average molecular weight is 366 g/mol. The molecule has 0 saturated carbocycles. The van der Waals surface area contributed by atoms with Crippen LogP contribution in [0.25, 0.3) is 0 Å². The van der Waals surface area contributed by atoms with Gasteiger partial charge in [-0.2, -0.15) is 0 Å². The van der Waals surface area contributed by atoms with Crippen LogP contribution in [0.1, 0.15) is 25.3 Å². The molecule has 2 saturated heterocycles. The van der Waals surface area contributed by atoms with Crippen LogP contribution < -0.4 is 10.5 Å². The van der Waals surface area contributed by atoms with E-state index in [0.717, 1.165) is 18.7 Å². The number of hydrogen-bond donors (Lipinski definition) is 2. The number of rotatable bonds is 5. The van der Waals surface area contributed by atoms with Crippen LogP contribution >= 0.6 is 0 Å². The summed E-state index contributed by atoms with van der Waals surface area (Å²) in [4.78, 5) is 17.1. The van der Waals surface area contributed by atoms with Crippen molar-refractivity contribution >= 4 is 15.9 Å². The number of benzene rings is 1. The van der Waals surface area contributed by atoms with Crippen molar-refractivity contribution in [3.05, 3.63) is 29.8 Å². The molecule has 1 amide bonds. The Morgan fingerprint density at radius 3 is 2.68 bits per heavy atom. The van der Waals surface area contributed by atoms with Gasteiger partial charge >= 0.3 is 0 Å².